The van der Waals surface area contributed by atoms with Gasteiger partial charge in [-0.25, -0.2) is 4.79 Å². The van der Waals surface area contributed by atoms with Gasteiger partial charge in [0.2, 0.25) is 5.91 Å². The van der Waals surface area contributed by atoms with Gasteiger partial charge in [0.05, 0.1) is 6.61 Å². The predicted octanol–water partition coefficient (Wildman–Crippen LogP) is 0.869. The van der Waals surface area contributed by atoms with E-state index in [2.05, 4.69) is 5.32 Å². The van der Waals surface area contributed by atoms with Gasteiger partial charge in [0.25, 0.3) is 0 Å². The highest BCUT2D eigenvalue weighted by Gasteiger charge is 2.30. The molecule has 1 heterocycles. The molecule has 0 aromatic heterocycles. The summed E-state index contributed by atoms with van der Waals surface area (Å²) in [5.74, 6) is -0.595. The Kier molecular flexibility index (Phi) is 5.41. The maximum atomic E-state index is 11.8. The second-order valence-electron chi connectivity index (χ2n) is 4.48. The molecule has 1 aliphatic heterocycles. The molecule has 0 aromatic rings. The highest BCUT2D eigenvalue weighted by Crippen LogP contribution is 2.13. The van der Waals surface area contributed by atoms with Crippen molar-refractivity contribution in [2.24, 2.45) is 5.92 Å². The average molecular weight is 243 g/mol. The fourth-order valence-electron chi connectivity index (χ4n) is 1.76. The molecular formula is C12H21NO4. The summed E-state index contributed by atoms with van der Waals surface area (Å²) in [6, 6.07) is -0.591. The van der Waals surface area contributed by atoms with Crippen molar-refractivity contribution in [3.63, 3.8) is 0 Å². The SMILES string of the molecule is CCOC(=O)C(NC(=O)[C@@H]1CCCO1)C(C)C. The standard InChI is InChI=1S/C12H21NO4/c1-4-16-12(15)10(8(2)3)13-11(14)9-6-5-7-17-9/h8-10H,4-7H2,1-3H3,(H,13,14)/t9-,10?/m0/s1. The van der Waals surface area contributed by atoms with Crippen molar-refractivity contribution in [3.8, 4) is 0 Å². The van der Waals surface area contributed by atoms with Crippen LogP contribution in [0.2, 0.25) is 0 Å². The van der Waals surface area contributed by atoms with Gasteiger partial charge in [0.15, 0.2) is 0 Å². The normalized spacial score (nSPS) is 21.3. The third kappa shape index (κ3) is 4.00. The Labute approximate surface area is 102 Å². The maximum absolute atomic E-state index is 11.8. The average Bonchev–Trinajstić information content (AvgIpc) is 2.78. The van der Waals surface area contributed by atoms with Gasteiger partial charge in [-0.05, 0) is 25.7 Å². The summed E-state index contributed by atoms with van der Waals surface area (Å²) in [5.41, 5.74) is 0. The van der Waals surface area contributed by atoms with Gasteiger partial charge < -0.3 is 14.8 Å². The Bertz CT molecular complexity index is 272. The monoisotopic (exact) mass is 243 g/mol. The van der Waals surface area contributed by atoms with Crippen LogP contribution in [0.4, 0.5) is 0 Å². The van der Waals surface area contributed by atoms with E-state index in [-0.39, 0.29) is 17.8 Å². The van der Waals surface area contributed by atoms with Crippen LogP contribution < -0.4 is 5.32 Å². The van der Waals surface area contributed by atoms with E-state index in [1.54, 1.807) is 6.92 Å². The molecule has 5 nitrogen and oxygen atoms in total. The fraction of sp³-hybridized carbons (Fsp3) is 0.833. The van der Waals surface area contributed by atoms with Crippen LogP contribution in [0.15, 0.2) is 0 Å². The van der Waals surface area contributed by atoms with Crippen LogP contribution in [0.5, 0.6) is 0 Å². The lowest BCUT2D eigenvalue weighted by Crippen LogP contribution is -2.48. The molecule has 0 aliphatic carbocycles. The van der Waals surface area contributed by atoms with E-state index in [0.29, 0.717) is 13.2 Å². The van der Waals surface area contributed by atoms with Gasteiger partial charge in [-0.3, -0.25) is 4.79 Å². The van der Waals surface area contributed by atoms with E-state index in [0.717, 1.165) is 12.8 Å². The summed E-state index contributed by atoms with van der Waals surface area (Å²) in [6.45, 7) is 6.42. The first kappa shape index (κ1) is 14.0. The molecule has 1 unspecified atom stereocenters. The zero-order chi connectivity index (χ0) is 12.8. The zero-order valence-electron chi connectivity index (χ0n) is 10.7. The number of esters is 1. The number of amides is 1. The highest BCUT2D eigenvalue weighted by molar-refractivity contribution is 5.87. The molecule has 0 radical (unpaired) electrons. The van der Waals surface area contributed by atoms with Crippen LogP contribution in [0, 0.1) is 5.92 Å². The zero-order valence-corrected chi connectivity index (χ0v) is 10.7. The highest BCUT2D eigenvalue weighted by atomic mass is 16.5. The minimum atomic E-state index is -0.591. The summed E-state index contributed by atoms with van der Waals surface area (Å²) in [6.07, 6.45) is 1.20. The van der Waals surface area contributed by atoms with E-state index in [4.69, 9.17) is 9.47 Å². The molecule has 0 spiro atoms. The van der Waals surface area contributed by atoms with Gasteiger partial charge in [0.1, 0.15) is 12.1 Å². The van der Waals surface area contributed by atoms with Crippen molar-refractivity contribution in [3.05, 3.63) is 0 Å². The molecule has 1 saturated heterocycles. The minimum Gasteiger partial charge on any atom is -0.464 e. The molecule has 0 saturated carbocycles. The molecule has 0 aromatic carbocycles. The predicted molar refractivity (Wildman–Crippen MR) is 62.4 cm³/mol. The minimum absolute atomic E-state index is 0.000553. The lowest BCUT2D eigenvalue weighted by Gasteiger charge is -2.22. The summed E-state index contributed by atoms with van der Waals surface area (Å²) in [4.78, 5) is 23.5. The third-order valence-electron chi connectivity index (χ3n) is 2.73. The molecule has 98 valence electrons. The summed E-state index contributed by atoms with van der Waals surface area (Å²) in [7, 11) is 0. The topological polar surface area (TPSA) is 64.6 Å². The molecule has 1 amide bonds. The number of carbonyl (C=O) groups excluding carboxylic acids is 2. The molecular weight excluding hydrogens is 222 g/mol. The van der Waals surface area contributed by atoms with E-state index >= 15 is 0 Å². The first-order valence-electron chi connectivity index (χ1n) is 6.14. The van der Waals surface area contributed by atoms with Gasteiger partial charge in [-0.2, -0.15) is 0 Å². The summed E-state index contributed by atoms with van der Waals surface area (Å²) in [5, 5.41) is 2.70. The van der Waals surface area contributed by atoms with Crippen LogP contribution in [0.25, 0.3) is 0 Å². The summed E-state index contributed by atoms with van der Waals surface area (Å²) >= 11 is 0. The van der Waals surface area contributed by atoms with Crippen LogP contribution in [0.3, 0.4) is 0 Å². The van der Waals surface area contributed by atoms with Crippen LogP contribution >= 0.6 is 0 Å². The quantitative estimate of drug-likeness (QED) is 0.728. The number of carbonyl (C=O) groups is 2. The Balaban J connectivity index is 2.53. The van der Waals surface area contributed by atoms with Crippen LogP contribution in [-0.4, -0.2) is 37.2 Å². The summed E-state index contributed by atoms with van der Waals surface area (Å²) < 4.78 is 10.2. The molecule has 5 heteroatoms. The Hall–Kier alpha value is -1.10. The first-order valence-corrected chi connectivity index (χ1v) is 6.14. The molecule has 1 fully saturated rings. The smallest absolute Gasteiger partial charge is 0.328 e. The van der Waals surface area contributed by atoms with Gasteiger partial charge >= 0.3 is 5.97 Å². The number of hydrogen-bond donors (Lipinski definition) is 1. The number of ether oxygens (including phenoxy) is 2. The van der Waals surface area contributed by atoms with E-state index in [9.17, 15) is 9.59 Å². The third-order valence-corrected chi connectivity index (χ3v) is 2.73. The maximum Gasteiger partial charge on any atom is 0.328 e. The Morgan fingerprint density at radius 1 is 1.47 bits per heavy atom. The number of hydrogen-bond acceptors (Lipinski definition) is 4. The Morgan fingerprint density at radius 2 is 2.18 bits per heavy atom. The van der Waals surface area contributed by atoms with Crippen molar-refractivity contribution in [1.82, 2.24) is 5.32 Å². The van der Waals surface area contributed by atoms with E-state index < -0.39 is 12.1 Å². The van der Waals surface area contributed by atoms with Crippen molar-refractivity contribution >= 4 is 11.9 Å². The van der Waals surface area contributed by atoms with Gasteiger partial charge in [-0.1, -0.05) is 13.8 Å². The first-order chi connectivity index (χ1) is 8.06. The van der Waals surface area contributed by atoms with Crippen molar-refractivity contribution in [1.29, 1.82) is 0 Å². The fourth-order valence-corrected chi connectivity index (χ4v) is 1.76. The van der Waals surface area contributed by atoms with Crippen molar-refractivity contribution in [2.75, 3.05) is 13.2 Å². The van der Waals surface area contributed by atoms with Crippen molar-refractivity contribution < 1.29 is 19.1 Å². The lowest BCUT2D eigenvalue weighted by atomic mass is 10.0. The van der Waals surface area contributed by atoms with Crippen LogP contribution in [-0.2, 0) is 19.1 Å². The van der Waals surface area contributed by atoms with Gasteiger partial charge in [0, 0.05) is 6.61 Å². The Morgan fingerprint density at radius 3 is 2.65 bits per heavy atom. The molecule has 17 heavy (non-hydrogen) atoms. The van der Waals surface area contributed by atoms with Crippen LogP contribution in [0.1, 0.15) is 33.6 Å². The van der Waals surface area contributed by atoms with Gasteiger partial charge in [-0.15, -0.1) is 0 Å². The molecule has 1 rings (SSSR count). The van der Waals surface area contributed by atoms with E-state index in [1.807, 2.05) is 13.8 Å². The van der Waals surface area contributed by atoms with E-state index in [1.165, 1.54) is 0 Å². The number of nitrogens with one attached hydrogen (secondary N) is 1. The second kappa shape index (κ2) is 6.59. The molecule has 1 N–H and O–H groups in total. The largest absolute Gasteiger partial charge is 0.464 e. The molecule has 0 bridgehead atoms. The second-order valence-corrected chi connectivity index (χ2v) is 4.48. The number of rotatable bonds is 5. The lowest BCUT2D eigenvalue weighted by molar-refractivity contribution is -0.149. The molecule has 2 atom stereocenters. The molecule has 1 aliphatic rings. The van der Waals surface area contributed by atoms with Crippen molar-refractivity contribution in [2.45, 2.75) is 45.8 Å².